The summed E-state index contributed by atoms with van der Waals surface area (Å²) >= 11 is 6.69. The van der Waals surface area contributed by atoms with E-state index in [-0.39, 0.29) is 18.0 Å². The van der Waals surface area contributed by atoms with Crippen molar-refractivity contribution in [3.05, 3.63) is 82.6 Å². The molecule has 2 aliphatic carbocycles. The van der Waals surface area contributed by atoms with Crippen LogP contribution in [0, 0.1) is 0 Å². The van der Waals surface area contributed by atoms with Crippen molar-refractivity contribution in [2.45, 2.75) is 100 Å². The summed E-state index contributed by atoms with van der Waals surface area (Å²) in [5.74, 6) is 1.20. The van der Waals surface area contributed by atoms with Crippen molar-refractivity contribution in [3.63, 3.8) is 0 Å². The molecule has 49 heavy (non-hydrogen) atoms. The number of pyridine rings is 1. The van der Waals surface area contributed by atoms with Crippen LogP contribution in [0.1, 0.15) is 74.5 Å². The lowest BCUT2D eigenvalue weighted by molar-refractivity contribution is -0.113. The normalized spacial score (nSPS) is 18.2. The van der Waals surface area contributed by atoms with E-state index in [1.165, 1.54) is 11.1 Å². The number of aliphatic hydroxyl groups excluding tert-OH is 5. The van der Waals surface area contributed by atoms with Crippen molar-refractivity contribution >= 4 is 17.6 Å². The first kappa shape index (κ1) is 37.0. The molecule has 0 radical (unpaired) electrons. The molecular weight excluding hydrogens is 648 g/mol. The van der Waals surface area contributed by atoms with Crippen molar-refractivity contribution in [2.75, 3.05) is 19.7 Å². The second-order valence-corrected chi connectivity index (χ2v) is 13.8. The molecule has 2 saturated carbocycles. The Kier molecular flexibility index (Phi) is 12.9. The second kappa shape index (κ2) is 17.1. The van der Waals surface area contributed by atoms with E-state index < -0.39 is 37.1 Å². The summed E-state index contributed by atoms with van der Waals surface area (Å²) in [5.41, 5.74) is 5.48. The fraction of sp³-hybridized carbons (Fsp3) is 0.514. The maximum absolute atomic E-state index is 12.1. The van der Waals surface area contributed by atoms with E-state index in [0.29, 0.717) is 19.2 Å². The predicted octanol–water partition coefficient (Wildman–Crippen LogP) is 3.73. The van der Waals surface area contributed by atoms with Gasteiger partial charge in [-0.15, -0.1) is 0 Å². The van der Waals surface area contributed by atoms with Crippen LogP contribution >= 0.6 is 11.6 Å². The summed E-state index contributed by atoms with van der Waals surface area (Å²) in [6.45, 7) is 2.13. The Bertz CT molecular complexity index is 1540. The van der Waals surface area contributed by atoms with Crippen LogP contribution in [0.5, 0.6) is 5.75 Å². The van der Waals surface area contributed by atoms with Gasteiger partial charge in [0.15, 0.2) is 0 Å². The number of para-hydroxylation sites is 1. The van der Waals surface area contributed by atoms with Crippen LogP contribution in [0.3, 0.4) is 0 Å². The van der Waals surface area contributed by atoms with Crippen molar-refractivity contribution in [2.24, 2.45) is 0 Å². The fourth-order valence-corrected chi connectivity index (χ4v) is 6.21. The molecule has 266 valence electrons. The van der Waals surface area contributed by atoms with Gasteiger partial charge in [0.25, 0.3) is 0 Å². The number of ether oxygens (including phenoxy) is 1. The SMILES string of the molecule is C[C@@H](CCCCNC(=O)NC[C@H](O)[C@@H](O)C(O)[C@H](O)CO)c1ccc(Cl)c(CNC2(c3cnccc3-c3ccccc3OC3CC3)CC2)c1. The van der Waals surface area contributed by atoms with E-state index in [1.54, 1.807) is 0 Å². The summed E-state index contributed by atoms with van der Waals surface area (Å²) in [6, 6.07) is 16.0. The summed E-state index contributed by atoms with van der Waals surface area (Å²) in [4.78, 5) is 16.6. The average molecular weight is 697 g/mol. The molecule has 12 heteroatoms. The van der Waals surface area contributed by atoms with Crippen molar-refractivity contribution in [1.29, 1.82) is 0 Å². The lowest BCUT2D eigenvalue weighted by Crippen LogP contribution is -2.50. The topological polar surface area (TPSA) is 176 Å². The third-order valence-electron chi connectivity index (χ3n) is 9.48. The molecule has 0 aliphatic heterocycles. The Morgan fingerprint density at radius 3 is 2.49 bits per heavy atom. The maximum Gasteiger partial charge on any atom is 0.314 e. The molecule has 1 unspecified atom stereocenters. The molecule has 11 nitrogen and oxygen atoms in total. The minimum atomic E-state index is -1.74. The van der Waals surface area contributed by atoms with Crippen LogP contribution in [0.4, 0.5) is 4.79 Å². The highest BCUT2D eigenvalue weighted by atomic mass is 35.5. The van der Waals surface area contributed by atoms with Gasteiger partial charge < -0.3 is 46.2 Å². The monoisotopic (exact) mass is 696 g/mol. The van der Waals surface area contributed by atoms with Crippen LogP contribution in [0.15, 0.2) is 60.9 Å². The Morgan fingerprint density at radius 2 is 1.76 bits per heavy atom. The number of halogens is 1. The largest absolute Gasteiger partial charge is 0.490 e. The van der Waals surface area contributed by atoms with E-state index in [2.05, 4.69) is 64.3 Å². The summed E-state index contributed by atoms with van der Waals surface area (Å²) < 4.78 is 6.26. The number of benzene rings is 2. The van der Waals surface area contributed by atoms with Gasteiger partial charge in [-0.1, -0.05) is 55.3 Å². The quantitative estimate of drug-likeness (QED) is 0.0869. The number of hydrogen-bond acceptors (Lipinski definition) is 9. The van der Waals surface area contributed by atoms with Crippen LogP contribution in [-0.2, 0) is 12.1 Å². The zero-order valence-electron chi connectivity index (χ0n) is 27.9. The fourth-order valence-electron chi connectivity index (χ4n) is 6.02. The highest BCUT2D eigenvalue weighted by Gasteiger charge is 2.46. The van der Waals surface area contributed by atoms with Gasteiger partial charge in [-0.2, -0.15) is 0 Å². The molecule has 0 saturated heterocycles. The Balaban J connectivity index is 1.09. The molecule has 0 bridgehead atoms. The predicted molar refractivity (Wildman–Crippen MR) is 187 cm³/mol. The molecule has 8 N–H and O–H groups in total. The number of urea groups is 1. The lowest BCUT2D eigenvalue weighted by Gasteiger charge is -2.25. The van der Waals surface area contributed by atoms with Gasteiger partial charge in [0.05, 0.1) is 18.8 Å². The first-order chi connectivity index (χ1) is 23.6. The number of aliphatic hydroxyl groups is 5. The van der Waals surface area contributed by atoms with Gasteiger partial charge in [0.1, 0.15) is 24.1 Å². The van der Waals surface area contributed by atoms with Crippen LogP contribution in [0.2, 0.25) is 5.02 Å². The summed E-state index contributed by atoms with van der Waals surface area (Å²) in [5, 5.41) is 57.5. The molecule has 5 rings (SSSR count). The standard InChI is InChI=1S/C37H49ClN4O7/c1-23(6-4-5-16-40-36(48)41-21-31(44)34(46)35(47)32(45)22-43)24-9-12-30(38)25(18-24)19-42-37(14-15-37)29-20-39-17-13-27(29)28-7-2-3-8-33(28)49-26-10-11-26/h2-3,7-9,12-13,17-18,20,23,26,31-32,34-35,42-47H,4-6,10-11,14-16,19,21-22H2,1H3,(H2,40,41,48)/t23-,31-,32+,34+,35?/m0/s1. The van der Waals surface area contributed by atoms with Gasteiger partial charge in [0.2, 0.25) is 0 Å². The molecule has 2 amide bonds. The zero-order chi connectivity index (χ0) is 35.0. The van der Waals surface area contributed by atoms with Crippen molar-refractivity contribution < 1.29 is 35.1 Å². The summed E-state index contributed by atoms with van der Waals surface area (Å²) in [7, 11) is 0. The molecule has 0 spiro atoms. The zero-order valence-corrected chi connectivity index (χ0v) is 28.6. The molecule has 2 aliphatic rings. The number of nitrogens with zero attached hydrogens (tertiary/aromatic N) is 1. The molecule has 1 aromatic heterocycles. The number of rotatable bonds is 19. The van der Waals surface area contributed by atoms with Crippen LogP contribution in [-0.4, -0.2) is 86.8 Å². The van der Waals surface area contributed by atoms with Gasteiger partial charge in [0, 0.05) is 48.2 Å². The molecular formula is C37H49ClN4O7. The van der Waals surface area contributed by atoms with Crippen molar-refractivity contribution in [3.8, 4) is 16.9 Å². The number of aromatic nitrogens is 1. The average Bonchev–Trinajstić information content (AvgIpc) is 4.07. The molecule has 5 atom stereocenters. The minimum absolute atomic E-state index is 0.178. The third kappa shape index (κ3) is 9.91. The van der Waals surface area contributed by atoms with Gasteiger partial charge in [-0.3, -0.25) is 4.98 Å². The smallest absolute Gasteiger partial charge is 0.314 e. The van der Waals surface area contributed by atoms with Gasteiger partial charge in [-0.25, -0.2) is 4.79 Å². The first-order valence-electron chi connectivity index (χ1n) is 17.2. The van der Waals surface area contributed by atoms with Crippen LogP contribution < -0.4 is 20.7 Å². The Morgan fingerprint density at radius 1 is 1.00 bits per heavy atom. The lowest BCUT2D eigenvalue weighted by atomic mass is 9.93. The highest BCUT2D eigenvalue weighted by Crippen LogP contribution is 2.50. The third-order valence-corrected chi connectivity index (χ3v) is 9.85. The number of carbonyl (C=O) groups excluding carboxylic acids is 1. The first-order valence-corrected chi connectivity index (χ1v) is 17.6. The number of nitrogens with one attached hydrogen (secondary N) is 3. The molecule has 1 heterocycles. The summed E-state index contributed by atoms with van der Waals surface area (Å²) in [6.07, 6.45) is 4.33. The number of hydrogen-bond donors (Lipinski definition) is 8. The number of carbonyl (C=O) groups is 1. The number of unbranched alkanes of at least 4 members (excludes halogenated alkanes) is 1. The highest BCUT2D eigenvalue weighted by molar-refractivity contribution is 6.31. The Hall–Kier alpha value is -3.29. The van der Waals surface area contributed by atoms with Crippen LogP contribution in [0.25, 0.3) is 11.1 Å². The second-order valence-electron chi connectivity index (χ2n) is 13.4. The van der Waals surface area contributed by atoms with E-state index in [1.807, 2.05) is 24.5 Å². The number of amides is 2. The van der Waals surface area contributed by atoms with E-state index in [0.717, 1.165) is 72.4 Å². The van der Waals surface area contributed by atoms with E-state index >= 15 is 0 Å². The minimum Gasteiger partial charge on any atom is -0.490 e. The Labute approximate surface area is 292 Å². The molecule has 2 fully saturated rings. The molecule has 3 aromatic rings. The van der Waals surface area contributed by atoms with Gasteiger partial charge >= 0.3 is 6.03 Å². The van der Waals surface area contributed by atoms with Crippen molar-refractivity contribution in [1.82, 2.24) is 20.9 Å². The van der Waals surface area contributed by atoms with Gasteiger partial charge in [-0.05, 0) is 84.9 Å². The van der Waals surface area contributed by atoms with E-state index in [9.17, 15) is 25.2 Å². The molecule has 2 aromatic carbocycles. The maximum atomic E-state index is 12.1. The van der Waals surface area contributed by atoms with E-state index in [4.69, 9.17) is 21.4 Å².